The van der Waals surface area contributed by atoms with Crippen LogP contribution in [0.5, 0.6) is 0 Å². The van der Waals surface area contributed by atoms with Crippen molar-refractivity contribution < 1.29 is 61.8 Å². The summed E-state index contributed by atoms with van der Waals surface area (Å²) in [5.41, 5.74) is -2.19. The Balaban J connectivity index is 0.000000255. The summed E-state index contributed by atoms with van der Waals surface area (Å²) in [4.78, 5) is 80.2. The highest BCUT2D eigenvalue weighted by Gasteiger charge is 2.58. The molecule has 3 aromatic rings. The number of aromatic nitrogens is 4. The molecule has 4 saturated heterocycles. The van der Waals surface area contributed by atoms with Crippen LogP contribution in [-0.2, 0) is 62.2 Å². The van der Waals surface area contributed by atoms with Gasteiger partial charge < -0.3 is 53.2 Å². The molecule has 0 spiro atoms. The highest BCUT2D eigenvalue weighted by atomic mass is 31.2. The smallest absolute Gasteiger partial charge is 0.351 e. The molecular formula is C48H68N7O15P. The minimum atomic E-state index is -1.51. The van der Waals surface area contributed by atoms with E-state index in [1.807, 2.05) is 32.0 Å². The fraction of sp³-hybridized carbons (Fsp3) is 0.625. The summed E-state index contributed by atoms with van der Waals surface area (Å²) < 4.78 is 52.7. The first-order chi connectivity index (χ1) is 33.5. The van der Waals surface area contributed by atoms with Gasteiger partial charge in [0.15, 0.2) is 26.0 Å². The quantitative estimate of drug-likeness (QED) is 0.0996. The van der Waals surface area contributed by atoms with Gasteiger partial charge in [0.1, 0.15) is 41.7 Å². The summed E-state index contributed by atoms with van der Waals surface area (Å²) in [6, 6.07) is 13.3. The van der Waals surface area contributed by atoms with Gasteiger partial charge in [0.25, 0.3) is 8.53 Å². The third-order valence-corrected chi connectivity index (χ3v) is 14.1. The second-order valence-electron chi connectivity index (χ2n) is 19.9. The van der Waals surface area contributed by atoms with Crippen molar-refractivity contribution in [1.82, 2.24) is 23.8 Å². The number of aliphatic hydroxyl groups excluding tert-OH is 1. The van der Waals surface area contributed by atoms with E-state index in [-0.39, 0.29) is 43.1 Å². The van der Waals surface area contributed by atoms with Crippen molar-refractivity contribution in [3.8, 4) is 0 Å². The zero-order valence-corrected chi connectivity index (χ0v) is 43.1. The van der Waals surface area contributed by atoms with E-state index in [9.17, 15) is 33.9 Å². The van der Waals surface area contributed by atoms with Gasteiger partial charge in [-0.05, 0) is 91.8 Å². The number of fused-ring (bicyclic) bond motifs is 1. The topological polar surface area (TPSA) is 259 Å². The largest absolute Gasteiger partial charge is 0.438 e. The molecule has 23 heteroatoms. The average Bonchev–Trinajstić information content (AvgIpc) is 4.06. The van der Waals surface area contributed by atoms with Gasteiger partial charge in [-0.25, -0.2) is 14.3 Å². The molecule has 7 rings (SSSR count). The molecule has 2 aromatic heterocycles. The van der Waals surface area contributed by atoms with Gasteiger partial charge in [-0.15, -0.1) is 0 Å². The average molecular weight is 1010 g/mol. The van der Waals surface area contributed by atoms with Crippen molar-refractivity contribution in [3.63, 3.8) is 0 Å². The molecule has 4 aliphatic heterocycles. The number of ether oxygens (including phenoxy) is 6. The number of hydrogen-bond donors (Lipinski definition) is 3. The van der Waals surface area contributed by atoms with Crippen molar-refractivity contribution in [2.45, 2.75) is 163 Å². The van der Waals surface area contributed by atoms with E-state index in [1.165, 1.54) is 47.5 Å². The number of rotatable bonds is 15. The molecule has 6 heterocycles. The van der Waals surface area contributed by atoms with Gasteiger partial charge in [0.05, 0.1) is 29.1 Å². The third-order valence-electron chi connectivity index (χ3n) is 12.2. The van der Waals surface area contributed by atoms with Crippen molar-refractivity contribution in [2.75, 3.05) is 30.8 Å². The summed E-state index contributed by atoms with van der Waals surface area (Å²) >= 11 is 0. The Morgan fingerprint density at radius 1 is 0.761 bits per heavy atom. The molecule has 0 aliphatic carbocycles. The normalized spacial score (nSPS) is 28.4. The lowest BCUT2D eigenvalue weighted by atomic mass is 9.87. The number of benzene rings is 1. The lowest BCUT2D eigenvalue weighted by Gasteiger charge is -2.30. The molecule has 22 nitrogen and oxygen atoms in total. The first kappa shape index (κ1) is 55.3. The summed E-state index contributed by atoms with van der Waals surface area (Å²) in [5, 5.41) is 15.4. The zero-order valence-electron chi connectivity index (χ0n) is 42.2. The maximum absolute atomic E-state index is 13.1. The second kappa shape index (κ2) is 23.2. The van der Waals surface area contributed by atoms with Crippen molar-refractivity contribution in [1.29, 1.82) is 0 Å². The van der Waals surface area contributed by atoms with Gasteiger partial charge >= 0.3 is 23.3 Å². The summed E-state index contributed by atoms with van der Waals surface area (Å²) in [6.07, 6.45) is -0.370. The molecule has 4 fully saturated rings. The summed E-state index contributed by atoms with van der Waals surface area (Å²) in [5.74, 6) is -1.34. The standard InChI is InChI=1S/C30H41N4O8P.C18H27N3O7/c1-7-21-24(41-43-34-16-11-14-22(34)30(6,42-43)20-12-9-8-10-13-20)25(38-18-39-27(36)29(3,4)5)26(40-21)33-17-15-23(31-19(2)35)32-28(33)37;1-6-11-13(23)14(26-9-27-16(24)18(3,4)5)15(28-11)21-8-7-12(19-10(2)22)20-17(21)25/h8-10,12-13,15,17,21-22,24-26H,7,11,14,16,18H2,1-6H3,(H,31,32,35,37);7-8,11,13-15,23H,6,9H2,1-5H3,(H,19,20,22,25)/t21-,22+,24?,25+,26-,30-,43+;11-,13?,14+,15-/m11/s1. The number of amides is 2. The predicted molar refractivity (Wildman–Crippen MR) is 257 cm³/mol. The fourth-order valence-electron chi connectivity index (χ4n) is 8.49. The van der Waals surface area contributed by atoms with Crippen molar-refractivity contribution in [2.24, 2.45) is 10.8 Å². The number of aliphatic hydroxyl groups is 1. The SMILES string of the molecule is CC[C@H]1O[C@@H](n2ccc(NC(C)=O)nc2=O)[C@@H](OCOC(=O)C(C)(C)C)C1O.CC[C@H]1O[C@@H](n2ccc(NC(C)=O)nc2=O)[C@@H](OCOC(=O)C(C)(C)C)C1O[P@@]1O[C@](C)(c2ccccc2)[C@@H]2CCCN21. The van der Waals surface area contributed by atoms with E-state index in [4.69, 9.17) is 37.5 Å². The van der Waals surface area contributed by atoms with Gasteiger partial charge in [-0.2, -0.15) is 9.97 Å². The highest BCUT2D eigenvalue weighted by molar-refractivity contribution is 7.45. The molecular weight excluding hydrogens is 946 g/mol. The molecule has 0 radical (unpaired) electrons. The first-order valence-corrected chi connectivity index (χ1v) is 24.9. The first-order valence-electron chi connectivity index (χ1n) is 23.7. The Bertz CT molecular complexity index is 2460. The zero-order chi connectivity index (χ0) is 52.0. The van der Waals surface area contributed by atoms with Crippen LogP contribution in [0.1, 0.15) is 120 Å². The minimum absolute atomic E-state index is 0.107. The predicted octanol–water partition coefficient (Wildman–Crippen LogP) is 5.27. The molecule has 1 aromatic carbocycles. The molecule has 4 aliphatic rings. The van der Waals surface area contributed by atoms with Gasteiger partial charge in [0.2, 0.25) is 11.8 Å². The minimum Gasteiger partial charge on any atom is -0.438 e. The third kappa shape index (κ3) is 13.1. The molecule has 390 valence electrons. The second-order valence-corrected chi connectivity index (χ2v) is 21.2. The van der Waals surface area contributed by atoms with E-state index in [0.29, 0.717) is 12.8 Å². The van der Waals surface area contributed by atoms with Crippen LogP contribution in [0.2, 0.25) is 0 Å². The summed E-state index contributed by atoms with van der Waals surface area (Å²) in [6.45, 7) is 19.1. The number of nitrogens with one attached hydrogen (secondary N) is 2. The summed E-state index contributed by atoms with van der Waals surface area (Å²) in [7, 11) is -1.51. The lowest BCUT2D eigenvalue weighted by Crippen LogP contribution is -2.40. The number of carbonyl (C=O) groups is 4. The molecule has 0 saturated carbocycles. The van der Waals surface area contributed by atoms with E-state index in [2.05, 4.69) is 44.3 Å². The number of hydrogen-bond acceptors (Lipinski definition) is 18. The van der Waals surface area contributed by atoms with Crippen LogP contribution >= 0.6 is 8.53 Å². The lowest BCUT2D eigenvalue weighted by molar-refractivity contribution is -0.179. The van der Waals surface area contributed by atoms with Gasteiger partial charge in [0, 0.05) is 32.8 Å². The van der Waals surface area contributed by atoms with E-state index in [0.717, 1.165) is 24.9 Å². The van der Waals surface area contributed by atoms with Crippen LogP contribution in [0.25, 0.3) is 0 Å². The number of carbonyl (C=O) groups excluding carboxylic acids is 4. The Hall–Kier alpha value is -5.03. The Kier molecular flexibility index (Phi) is 18.1. The molecule has 2 unspecified atom stereocenters. The van der Waals surface area contributed by atoms with Gasteiger partial charge in [-0.3, -0.25) is 28.3 Å². The van der Waals surface area contributed by atoms with Crippen LogP contribution in [0.3, 0.4) is 0 Å². The number of nitrogens with zero attached hydrogens (tertiary/aromatic N) is 5. The molecule has 3 N–H and O–H groups in total. The van der Waals surface area contributed by atoms with E-state index < -0.39 is 97.4 Å². The van der Waals surface area contributed by atoms with E-state index >= 15 is 0 Å². The Morgan fingerprint density at radius 3 is 1.73 bits per heavy atom. The number of esters is 2. The van der Waals surface area contributed by atoms with E-state index in [1.54, 1.807) is 41.5 Å². The highest BCUT2D eigenvalue weighted by Crippen LogP contribution is 2.64. The van der Waals surface area contributed by atoms with Crippen LogP contribution in [0.4, 0.5) is 11.6 Å². The number of anilines is 2. The maximum Gasteiger partial charge on any atom is 0.351 e. The van der Waals surface area contributed by atoms with Crippen LogP contribution in [0.15, 0.2) is 64.4 Å². The van der Waals surface area contributed by atoms with Crippen LogP contribution in [0, 0.1) is 10.8 Å². The van der Waals surface area contributed by atoms with Crippen molar-refractivity contribution >= 4 is 43.9 Å². The molecule has 11 atom stereocenters. The monoisotopic (exact) mass is 1010 g/mol. The fourth-order valence-corrected chi connectivity index (χ4v) is 10.6. The van der Waals surface area contributed by atoms with Gasteiger partial charge in [-0.1, -0.05) is 44.2 Å². The van der Waals surface area contributed by atoms with Crippen molar-refractivity contribution in [3.05, 3.63) is 81.4 Å². The molecule has 71 heavy (non-hydrogen) atoms. The molecule has 2 amide bonds. The Morgan fingerprint density at radius 2 is 1.25 bits per heavy atom. The van der Waals surface area contributed by atoms with Crippen LogP contribution in [-0.4, -0.2) is 115 Å². The Labute approximate surface area is 413 Å². The maximum atomic E-state index is 13.1. The van der Waals surface area contributed by atoms with Crippen LogP contribution < -0.4 is 22.0 Å². The molecule has 0 bridgehead atoms.